The number of amides is 2. The van der Waals surface area contributed by atoms with E-state index in [9.17, 15) is 32.6 Å². The van der Waals surface area contributed by atoms with Gasteiger partial charge in [-0.25, -0.2) is 17.6 Å². The predicted octanol–water partition coefficient (Wildman–Crippen LogP) is 3.31. The number of carbonyl (C=O) groups is 2. The van der Waals surface area contributed by atoms with Crippen molar-refractivity contribution in [1.82, 2.24) is 14.6 Å². The number of sulfonamides is 1. The number of carbonyl (C=O) groups excluding carboxylic acids is 1. The van der Waals surface area contributed by atoms with Crippen molar-refractivity contribution in [2.75, 3.05) is 5.32 Å². The maximum atomic E-state index is 13.1. The lowest BCUT2D eigenvalue weighted by Crippen LogP contribution is -2.44. The standard InChI is InChI=1S/C27H29FN4O6S/c1-17(31-39(37,38)23-11-6-20(28)7-12-23)26(34)30-21-8-4-18(5-9-21)15-22-10-13-24(32(22)27(35)36)25(33)19-3-2-14-29-16-19/h2-9,11-12,14,16-17,22,24-25,31,33H,10,13,15H2,1H3,(H,30,34)(H,35,36)/t17-,22-,24+,25?/m0/s1. The van der Waals surface area contributed by atoms with Gasteiger partial charge in [-0.3, -0.25) is 14.7 Å². The highest BCUT2D eigenvalue weighted by Crippen LogP contribution is 2.34. The summed E-state index contributed by atoms with van der Waals surface area (Å²) in [7, 11) is -4.03. The van der Waals surface area contributed by atoms with Gasteiger partial charge in [0.1, 0.15) is 11.9 Å². The monoisotopic (exact) mass is 556 g/mol. The van der Waals surface area contributed by atoms with E-state index < -0.39 is 46.0 Å². The Morgan fingerprint density at radius 1 is 1.10 bits per heavy atom. The molecule has 3 aromatic rings. The van der Waals surface area contributed by atoms with Crippen LogP contribution in [0.3, 0.4) is 0 Å². The largest absolute Gasteiger partial charge is 0.465 e. The van der Waals surface area contributed by atoms with E-state index in [0.29, 0.717) is 30.5 Å². The molecule has 0 aliphatic carbocycles. The maximum Gasteiger partial charge on any atom is 0.407 e. The molecule has 10 nitrogen and oxygen atoms in total. The van der Waals surface area contributed by atoms with Gasteiger partial charge in [-0.1, -0.05) is 18.2 Å². The fourth-order valence-electron chi connectivity index (χ4n) is 4.71. The first-order valence-corrected chi connectivity index (χ1v) is 13.8. The van der Waals surface area contributed by atoms with E-state index in [-0.39, 0.29) is 10.9 Å². The molecule has 4 atom stereocenters. The van der Waals surface area contributed by atoms with Gasteiger partial charge in [-0.05, 0) is 74.2 Å². The molecular formula is C27H29FN4O6S. The van der Waals surface area contributed by atoms with Crippen LogP contribution in [-0.2, 0) is 21.2 Å². The predicted molar refractivity (Wildman–Crippen MR) is 141 cm³/mol. The highest BCUT2D eigenvalue weighted by molar-refractivity contribution is 7.89. The molecule has 0 spiro atoms. The molecular weight excluding hydrogens is 527 g/mol. The van der Waals surface area contributed by atoms with Crippen LogP contribution in [0.15, 0.2) is 78.0 Å². The zero-order valence-electron chi connectivity index (χ0n) is 21.1. The molecule has 1 aromatic heterocycles. The van der Waals surface area contributed by atoms with Gasteiger partial charge in [0.2, 0.25) is 15.9 Å². The molecule has 206 valence electrons. The number of hydrogen-bond acceptors (Lipinski definition) is 6. The van der Waals surface area contributed by atoms with E-state index in [2.05, 4.69) is 15.0 Å². The van der Waals surface area contributed by atoms with Gasteiger partial charge in [-0.2, -0.15) is 4.72 Å². The number of carboxylic acid groups (broad SMARTS) is 1. The third kappa shape index (κ3) is 6.77. The summed E-state index contributed by atoms with van der Waals surface area (Å²) >= 11 is 0. The highest BCUT2D eigenvalue weighted by Gasteiger charge is 2.41. The Kier molecular flexibility index (Phi) is 8.58. The van der Waals surface area contributed by atoms with E-state index >= 15 is 0 Å². The first-order valence-electron chi connectivity index (χ1n) is 12.3. The lowest BCUT2D eigenvalue weighted by molar-refractivity contribution is -0.117. The summed E-state index contributed by atoms with van der Waals surface area (Å²) in [6, 6.07) is 12.5. The van der Waals surface area contributed by atoms with Crippen LogP contribution < -0.4 is 10.0 Å². The van der Waals surface area contributed by atoms with E-state index in [1.54, 1.807) is 42.6 Å². The molecule has 0 saturated carbocycles. The quantitative estimate of drug-likeness (QED) is 0.316. The van der Waals surface area contributed by atoms with Crippen molar-refractivity contribution in [1.29, 1.82) is 0 Å². The van der Waals surface area contributed by atoms with Crippen molar-refractivity contribution in [3.8, 4) is 0 Å². The van der Waals surface area contributed by atoms with Crippen molar-refractivity contribution in [3.63, 3.8) is 0 Å². The number of nitrogens with one attached hydrogen (secondary N) is 2. The second kappa shape index (κ2) is 11.9. The van der Waals surface area contributed by atoms with E-state index in [4.69, 9.17) is 0 Å². The van der Waals surface area contributed by atoms with Crippen LogP contribution in [0.25, 0.3) is 0 Å². The first kappa shape index (κ1) is 28.1. The molecule has 2 aromatic carbocycles. The van der Waals surface area contributed by atoms with Gasteiger partial charge in [0.25, 0.3) is 0 Å². The second-order valence-electron chi connectivity index (χ2n) is 9.41. The fraction of sp³-hybridized carbons (Fsp3) is 0.296. The molecule has 4 N–H and O–H groups in total. The van der Waals surface area contributed by atoms with Crippen molar-refractivity contribution in [3.05, 3.63) is 90.0 Å². The number of aromatic nitrogens is 1. The third-order valence-corrected chi connectivity index (χ3v) is 8.26. The summed E-state index contributed by atoms with van der Waals surface area (Å²) in [6.45, 7) is 1.39. The van der Waals surface area contributed by atoms with E-state index in [0.717, 1.165) is 29.8 Å². The lowest BCUT2D eigenvalue weighted by atomic mass is 10.0. The molecule has 1 aliphatic rings. The van der Waals surface area contributed by atoms with Crippen LogP contribution >= 0.6 is 0 Å². The molecule has 4 rings (SSSR count). The molecule has 2 amide bonds. The number of aliphatic hydroxyl groups is 1. The summed E-state index contributed by atoms with van der Waals surface area (Å²) in [6.07, 6.45) is 2.53. The van der Waals surface area contributed by atoms with Crippen LogP contribution in [0, 0.1) is 5.82 Å². The van der Waals surface area contributed by atoms with Gasteiger partial charge in [0.05, 0.1) is 17.0 Å². The Morgan fingerprint density at radius 2 is 1.79 bits per heavy atom. The summed E-state index contributed by atoms with van der Waals surface area (Å²) in [4.78, 5) is 29.8. The number of rotatable bonds is 9. The average Bonchev–Trinajstić information content (AvgIpc) is 3.33. The van der Waals surface area contributed by atoms with Crippen molar-refractivity contribution in [2.24, 2.45) is 0 Å². The third-order valence-electron chi connectivity index (χ3n) is 6.70. The van der Waals surface area contributed by atoms with Crippen LogP contribution in [0.2, 0.25) is 0 Å². The number of nitrogens with zero attached hydrogens (tertiary/aromatic N) is 2. The van der Waals surface area contributed by atoms with Crippen molar-refractivity contribution >= 4 is 27.7 Å². The van der Waals surface area contributed by atoms with Crippen LogP contribution in [-0.4, -0.2) is 58.6 Å². The minimum Gasteiger partial charge on any atom is -0.465 e. The molecule has 1 unspecified atom stereocenters. The SMILES string of the molecule is C[C@H](NS(=O)(=O)c1ccc(F)cc1)C(=O)Nc1ccc(C[C@@H]2CC[C@H](C(O)c3cccnc3)N2C(=O)O)cc1. The molecule has 1 fully saturated rings. The van der Waals surface area contributed by atoms with Gasteiger partial charge < -0.3 is 15.5 Å². The molecule has 0 radical (unpaired) electrons. The zero-order valence-corrected chi connectivity index (χ0v) is 21.9. The molecule has 0 bridgehead atoms. The van der Waals surface area contributed by atoms with Gasteiger partial charge in [0, 0.05) is 29.7 Å². The lowest BCUT2D eigenvalue weighted by Gasteiger charge is -2.30. The minimum absolute atomic E-state index is 0.162. The first-order chi connectivity index (χ1) is 18.5. The summed E-state index contributed by atoms with van der Waals surface area (Å²) in [5.41, 5.74) is 1.83. The molecule has 1 aliphatic heterocycles. The number of hydrogen-bond donors (Lipinski definition) is 4. The topological polar surface area (TPSA) is 149 Å². The molecule has 39 heavy (non-hydrogen) atoms. The normalized spacial score (nSPS) is 18.9. The molecule has 2 heterocycles. The molecule has 12 heteroatoms. The average molecular weight is 557 g/mol. The van der Waals surface area contributed by atoms with Gasteiger partial charge in [0.15, 0.2) is 0 Å². The second-order valence-corrected chi connectivity index (χ2v) is 11.1. The number of halogens is 1. The zero-order chi connectivity index (χ0) is 28.2. The number of anilines is 1. The van der Waals surface area contributed by atoms with E-state index in [1.807, 2.05) is 0 Å². The number of pyridine rings is 1. The smallest absolute Gasteiger partial charge is 0.407 e. The number of aliphatic hydroxyl groups excluding tert-OH is 1. The highest BCUT2D eigenvalue weighted by atomic mass is 32.2. The Hall–Kier alpha value is -3.87. The number of benzene rings is 2. The summed E-state index contributed by atoms with van der Waals surface area (Å²) in [5.74, 6) is -1.16. The van der Waals surface area contributed by atoms with Gasteiger partial charge >= 0.3 is 6.09 Å². The Morgan fingerprint density at radius 3 is 2.41 bits per heavy atom. The van der Waals surface area contributed by atoms with Crippen LogP contribution in [0.5, 0.6) is 0 Å². The summed E-state index contributed by atoms with van der Waals surface area (Å²) in [5, 5.41) is 23.3. The molecule has 1 saturated heterocycles. The summed E-state index contributed by atoms with van der Waals surface area (Å²) < 4.78 is 40.3. The van der Waals surface area contributed by atoms with Gasteiger partial charge in [-0.15, -0.1) is 0 Å². The number of likely N-dealkylation sites (tertiary alicyclic amines) is 1. The van der Waals surface area contributed by atoms with Crippen LogP contribution in [0.1, 0.15) is 37.0 Å². The van der Waals surface area contributed by atoms with Crippen molar-refractivity contribution < 1.29 is 32.6 Å². The Balaban J connectivity index is 1.36. The Labute approximate surface area is 225 Å². The fourth-order valence-corrected chi connectivity index (χ4v) is 5.91. The van der Waals surface area contributed by atoms with Crippen molar-refractivity contribution in [2.45, 2.75) is 55.3 Å². The van der Waals surface area contributed by atoms with E-state index in [1.165, 1.54) is 18.0 Å². The maximum absolute atomic E-state index is 13.1. The van der Waals surface area contributed by atoms with Crippen LogP contribution in [0.4, 0.5) is 14.9 Å². The Bertz CT molecular complexity index is 1400. The minimum atomic E-state index is -4.03.